The van der Waals surface area contributed by atoms with Crippen LogP contribution < -0.4 is 4.90 Å². The molecule has 0 spiro atoms. The zero-order valence-corrected chi connectivity index (χ0v) is 10.7. The average molecular weight is 304 g/mol. The lowest BCUT2D eigenvalue weighted by Gasteiger charge is -2.13. The molecular weight excluding hydrogens is 293 g/mol. The number of amides is 1. The van der Waals surface area contributed by atoms with E-state index >= 15 is 0 Å². The maximum atomic E-state index is 13.4. The van der Waals surface area contributed by atoms with E-state index in [9.17, 15) is 9.18 Å². The largest absolute Gasteiger partial charge is 0.441 e. The molecule has 0 bridgehead atoms. The standard InChI is InChI=1S/C11H11BrFNO3/c1-16-6-8-5-14(11(15)17-8)7-2-3-9(12)10(13)4-7/h2-4,8H,5-6H2,1H3. The molecule has 0 radical (unpaired) electrons. The van der Waals surface area contributed by atoms with Crippen molar-refractivity contribution in [1.29, 1.82) is 0 Å². The lowest BCUT2D eigenvalue weighted by Crippen LogP contribution is -2.25. The lowest BCUT2D eigenvalue weighted by atomic mass is 10.2. The second kappa shape index (κ2) is 5.01. The van der Waals surface area contributed by atoms with Gasteiger partial charge in [0.25, 0.3) is 0 Å². The molecule has 0 N–H and O–H groups in total. The molecule has 1 aliphatic heterocycles. The number of benzene rings is 1. The summed E-state index contributed by atoms with van der Waals surface area (Å²) >= 11 is 3.06. The average Bonchev–Trinajstić information content (AvgIpc) is 2.64. The third-order valence-corrected chi connectivity index (χ3v) is 3.08. The van der Waals surface area contributed by atoms with Gasteiger partial charge in [0.1, 0.15) is 11.9 Å². The number of rotatable bonds is 3. The second-order valence-electron chi connectivity index (χ2n) is 3.67. The molecule has 0 aromatic heterocycles. The number of ether oxygens (including phenoxy) is 2. The quantitative estimate of drug-likeness (QED) is 0.861. The number of methoxy groups -OCH3 is 1. The fourth-order valence-corrected chi connectivity index (χ4v) is 1.90. The fourth-order valence-electron chi connectivity index (χ4n) is 1.66. The number of carbonyl (C=O) groups is 1. The first kappa shape index (κ1) is 12.3. The van der Waals surface area contributed by atoms with E-state index < -0.39 is 11.9 Å². The van der Waals surface area contributed by atoms with Gasteiger partial charge in [-0.1, -0.05) is 0 Å². The Morgan fingerprint density at radius 2 is 2.41 bits per heavy atom. The number of cyclic esters (lactones) is 1. The summed E-state index contributed by atoms with van der Waals surface area (Å²) in [5.74, 6) is -0.412. The molecule has 1 atom stereocenters. The zero-order valence-electron chi connectivity index (χ0n) is 9.15. The van der Waals surface area contributed by atoms with Crippen LogP contribution in [0.25, 0.3) is 0 Å². The molecule has 1 unspecified atom stereocenters. The van der Waals surface area contributed by atoms with Gasteiger partial charge >= 0.3 is 6.09 Å². The van der Waals surface area contributed by atoms with Crippen molar-refractivity contribution in [1.82, 2.24) is 0 Å². The van der Waals surface area contributed by atoms with E-state index in [2.05, 4.69) is 15.9 Å². The van der Waals surface area contributed by atoms with Crippen LogP contribution >= 0.6 is 15.9 Å². The first-order valence-electron chi connectivity index (χ1n) is 5.04. The molecular formula is C11H11BrFNO3. The normalized spacial score (nSPS) is 19.6. The Bertz CT molecular complexity index is 441. The highest BCUT2D eigenvalue weighted by Gasteiger charge is 2.32. The highest BCUT2D eigenvalue weighted by Crippen LogP contribution is 2.25. The van der Waals surface area contributed by atoms with Gasteiger partial charge in [0.15, 0.2) is 0 Å². The summed E-state index contributed by atoms with van der Waals surface area (Å²) < 4.78 is 23.7. The third-order valence-electron chi connectivity index (χ3n) is 2.44. The number of anilines is 1. The van der Waals surface area contributed by atoms with Crippen LogP contribution in [0.5, 0.6) is 0 Å². The first-order valence-corrected chi connectivity index (χ1v) is 5.83. The Kier molecular flexibility index (Phi) is 3.63. The minimum atomic E-state index is -0.478. The summed E-state index contributed by atoms with van der Waals surface area (Å²) in [4.78, 5) is 13.0. The number of hydrogen-bond donors (Lipinski definition) is 0. The van der Waals surface area contributed by atoms with Crippen molar-refractivity contribution >= 4 is 27.7 Å². The van der Waals surface area contributed by atoms with Crippen molar-refractivity contribution in [2.75, 3.05) is 25.2 Å². The maximum Gasteiger partial charge on any atom is 0.414 e. The number of carbonyl (C=O) groups excluding carboxylic acids is 1. The molecule has 1 fully saturated rings. The molecule has 6 heteroatoms. The van der Waals surface area contributed by atoms with E-state index in [1.165, 1.54) is 18.1 Å². The van der Waals surface area contributed by atoms with E-state index in [-0.39, 0.29) is 6.10 Å². The van der Waals surface area contributed by atoms with Crippen LogP contribution in [0.2, 0.25) is 0 Å². The number of nitrogens with zero attached hydrogens (tertiary/aromatic N) is 1. The van der Waals surface area contributed by atoms with E-state index in [1.807, 2.05) is 0 Å². The van der Waals surface area contributed by atoms with Crippen LogP contribution in [0.4, 0.5) is 14.9 Å². The summed E-state index contributed by atoms with van der Waals surface area (Å²) in [7, 11) is 1.54. The van der Waals surface area contributed by atoms with Gasteiger partial charge in [-0.05, 0) is 34.1 Å². The summed E-state index contributed by atoms with van der Waals surface area (Å²) in [5, 5.41) is 0. The van der Waals surface area contributed by atoms with Gasteiger partial charge in [-0.2, -0.15) is 0 Å². The van der Waals surface area contributed by atoms with Crippen molar-refractivity contribution in [2.24, 2.45) is 0 Å². The van der Waals surface area contributed by atoms with Gasteiger partial charge in [-0.25, -0.2) is 9.18 Å². The van der Waals surface area contributed by atoms with Gasteiger partial charge in [0.2, 0.25) is 0 Å². The Morgan fingerprint density at radius 3 is 3.06 bits per heavy atom. The van der Waals surface area contributed by atoms with Gasteiger partial charge in [-0.3, -0.25) is 4.90 Å². The van der Waals surface area contributed by atoms with Gasteiger partial charge < -0.3 is 9.47 Å². The maximum absolute atomic E-state index is 13.4. The Labute approximate surface area is 106 Å². The highest BCUT2D eigenvalue weighted by atomic mass is 79.9. The summed E-state index contributed by atoms with van der Waals surface area (Å²) in [6.07, 6.45) is -0.784. The van der Waals surface area contributed by atoms with E-state index in [0.29, 0.717) is 23.3 Å². The molecule has 0 saturated carbocycles. The second-order valence-corrected chi connectivity index (χ2v) is 4.52. The van der Waals surface area contributed by atoms with Gasteiger partial charge in [0, 0.05) is 7.11 Å². The summed E-state index contributed by atoms with van der Waals surface area (Å²) in [6.45, 7) is 0.703. The van der Waals surface area contributed by atoms with Crippen LogP contribution in [0.15, 0.2) is 22.7 Å². The predicted octanol–water partition coefficient (Wildman–Crippen LogP) is 2.56. The molecule has 1 saturated heterocycles. The molecule has 92 valence electrons. The smallest absolute Gasteiger partial charge is 0.414 e. The Morgan fingerprint density at radius 1 is 1.65 bits per heavy atom. The van der Waals surface area contributed by atoms with Crippen LogP contribution in [0.3, 0.4) is 0 Å². The molecule has 4 nitrogen and oxygen atoms in total. The topological polar surface area (TPSA) is 38.8 Å². The molecule has 1 aliphatic rings. The van der Waals surface area contributed by atoms with Crippen molar-refractivity contribution in [3.63, 3.8) is 0 Å². The van der Waals surface area contributed by atoms with Gasteiger partial charge in [0.05, 0.1) is 23.3 Å². The number of hydrogen-bond acceptors (Lipinski definition) is 3. The van der Waals surface area contributed by atoms with Gasteiger partial charge in [-0.15, -0.1) is 0 Å². The van der Waals surface area contributed by atoms with Crippen LogP contribution in [0.1, 0.15) is 0 Å². The summed E-state index contributed by atoms with van der Waals surface area (Å²) in [6, 6.07) is 4.51. The SMILES string of the molecule is COCC1CN(c2ccc(Br)c(F)c2)C(=O)O1. The fraction of sp³-hybridized carbons (Fsp3) is 0.364. The molecule has 1 aromatic rings. The minimum absolute atomic E-state index is 0.306. The predicted molar refractivity (Wildman–Crippen MR) is 63.6 cm³/mol. The molecule has 2 rings (SSSR count). The molecule has 1 amide bonds. The molecule has 17 heavy (non-hydrogen) atoms. The van der Waals surface area contributed by atoms with Crippen molar-refractivity contribution in [3.8, 4) is 0 Å². The van der Waals surface area contributed by atoms with Crippen molar-refractivity contribution in [2.45, 2.75) is 6.10 Å². The van der Waals surface area contributed by atoms with E-state index in [4.69, 9.17) is 9.47 Å². The van der Waals surface area contributed by atoms with E-state index in [1.54, 1.807) is 12.1 Å². The highest BCUT2D eigenvalue weighted by molar-refractivity contribution is 9.10. The van der Waals surface area contributed by atoms with Crippen LogP contribution in [0, 0.1) is 5.82 Å². The molecule has 1 aromatic carbocycles. The number of halogens is 2. The molecule has 0 aliphatic carbocycles. The third kappa shape index (κ3) is 2.58. The first-order chi connectivity index (χ1) is 8.11. The monoisotopic (exact) mass is 303 g/mol. The Hall–Kier alpha value is -1.14. The van der Waals surface area contributed by atoms with Crippen LogP contribution in [-0.2, 0) is 9.47 Å². The molecule has 1 heterocycles. The summed E-state index contributed by atoms with van der Waals surface area (Å²) in [5.41, 5.74) is 0.481. The lowest BCUT2D eigenvalue weighted by molar-refractivity contribution is 0.0718. The Balaban J connectivity index is 2.17. The zero-order chi connectivity index (χ0) is 12.4. The van der Waals surface area contributed by atoms with Crippen molar-refractivity contribution < 1.29 is 18.7 Å². The minimum Gasteiger partial charge on any atom is -0.441 e. The van der Waals surface area contributed by atoms with Crippen molar-refractivity contribution in [3.05, 3.63) is 28.5 Å². The van der Waals surface area contributed by atoms with Crippen LogP contribution in [-0.4, -0.2) is 32.5 Å². The van der Waals surface area contributed by atoms with E-state index in [0.717, 1.165) is 0 Å².